The number of thiophene rings is 1. The predicted octanol–water partition coefficient (Wildman–Crippen LogP) is 1.65. The Kier molecular flexibility index (Phi) is 2.82. The first-order valence-electron chi connectivity index (χ1n) is 4.45. The van der Waals surface area contributed by atoms with Gasteiger partial charge in [0.25, 0.3) is 0 Å². The Labute approximate surface area is 95.1 Å². The molecule has 0 fully saturated rings. The standard InChI is InChI=1S/C10H9FN4S/c11-8-3-6(5-14-15-10(12)13)4-9-7(8)1-2-16-9/h1-5H,(H4,12,13,15). The van der Waals surface area contributed by atoms with Gasteiger partial charge < -0.3 is 11.5 Å². The van der Waals surface area contributed by atoms with E-state index >= 15 is 0 Å². The van der Waals surface area contributed by atoms with Crippen molar-refractivity contribution in [1.82, 2.24) is 0 Å². The third-order valence-electron chi connectivity index (χ3n) is 1.92. The minimum Gasteiger partial charge on any atom is -0.369 e. The second-order valence-electron chi connectivity index (χ2n) is 3.10. The molecule has 4 nitrogen and oxygen atoms in total. The summed E-state index contributed by atoms with van der Waals surface area (Å²) in [5.41, 5.74) is 10.8. The van der Waals surface area contributed by atoms with Crippen molar-refractivity contribution in [3.8, 4) is 0 Å². The lowest BCUT2D eigenvalue weighted by atomic mass is 10.2. The molecule has 0 unspecified atom stereocenters. The number of halogens is 1. The predicted molar refractivity (Wildman–Crippen MR) is 65.2 cm³/mol. The highest BCUT2D eigenvalue weighted by atomic mass is 32.1. The Morgan fingerprint density at radius 1 is 1.38 bits per heavy atom. The van der Waals surface area contributed by atoms with Crippen molar-refractivity contribution >= 4 is 33.6 Å². The van der Waals surface area contributed by atoms with Gasteiger partial charge in [-0.3, -0.25) is 0 Å². The number of nitrogens with two attached hydrogens (primary N) is 2. The van der Waals surface area contributed by atoms with Crippen LogP contribution in [0.5, 0.6) is 0 Å². The summed E-state index contributed by atoms with van der Waals surface area (Å²) in [6.45, 7) is 0. The fraction of sp³-hybridized carbons (Fsp3) is 0. The van der Waals surface area contributed by atoms with Gasteiger partial charge in [-0.15, -0.1) is 16.4 Å². The van der Waals surface area contributed by atoms with Crippen LogP contribution in [0.3, 0.4) is 0 Å². The maximum Gasteiger partial charge on any atom is 0.211 e. The fourth-order valence-corrected chi connectivity index (χ4v) is 2.13. The Balaban J connectivity index is 2.38. The van der Waals surface area contributed by atoms with E-state index < -0.39 is 0 Å². The normalized spacial score (nSPS) is 11.1. The van der Waals surface area contributed by atoms with E-state index in [0.29, 0.717) is 10.9 Å². The number of hydrogen-bond acceptors (Lipinski definition) is 3. The molecule has 1 aromatic carbocycles. The Morgan fingerprint density at radius 3 is 2.94 bits per heavy atom. The zero-order chi connectivity index (χ0) is 11.5. The average Bonchev–Trinajstić information content (AvgIpc) is 2.65. The van der Waals surface area contributed by atoms with Crippen LogP contribution in [0.4, 0.5) is 4.39 Å². The molecular weight excluding hydrogens is 227 g/mol. The first-order valence-corrected chi connectivity index (χ1v) is 5.33. The molecule has 1 aromatic heterocycles. The fourth-order valence-electron chi connectivity index (χ4n) is 1.28. The summed E-state index contributed by atoms with van der Waals surface area (Å²) in [7, 11) is 0. The molecule has 0 atom stereocenters. The molecule has 4 N–H and O–H groups in total. The molecule has 16 heavy (non-hydrogen) atoms. The number of rotatable bonds is 2. The van der Waals surface area contributed by atoms with Gasteiger partial charge in [-0.05, 0) is 29.1 Å². The van der Waals surface area contributed by atoms with Crippen LogP contribution in [0.1, 0.15) is 5.56 Å². The highest BCUT2D eigenvalue weighted by Gasteiger charge is 2.03. The monoisotopic (exact) mass is 236 g/mol. The molecule has 0 amide bonds. The van der Waals surface area contributed by atoms with Crippen LogP contribution < -0.4 is 11.5 Å². The summed E-state index contributed by atoms with van der Waals surface area (Å²) < 4.78 is 14.4. The molecule has 1 heterocycles. The van der Waals surface area contributed by atoms with Crippen LogP contribution in [0.2, 0.25) is 0 Å². The lowest BCUT2D eigenvalue weighted by Crippen LogP contribution is -2.21. The van der Waals surface area contributed by atoms with E-state index in [-0.39, 0.29) is 11.8 Å². The van der Waals surface area contributed by atoms with E-state index in [4.69, 9.17) is 11.5 Å². The van der Waals surface area contributed by atoms with E-state index in [1.54, 1.807) is 6.07 Å². The van der Waals surface area contributed by atoms with Crippen molar-refractivity contribution in [3.63, 3.8) is 0 Å². The molecule has 0 spiro atoms. The Hall–Kier alpha value is -1.95. The topological polar surface area (TPSA) is 76.8 Å². The zero-order valence-corrected chi connectivity index (χ0v) is 9.04. The molecule has 0 saturated carbocycles. The maximum atomic E-state index is 13.5. The van der Waals surface area contributed by atoms with E-state index in [0.717, 1.165) is 4.70 Å². The molecule has 6 heteroatoms. The summed E-state index contributed by atoms with van der Waals surface area (Å²) in [6, 6.07) is 4.96. The number of fused-ring (bicyclic) bond motifs is 1. The first-order chi connectivity index (χ1) is 7.66. The van der Waals surface area contributed by atoms with Crippen molar-refractivity contribution in [2.45, 2.75) is 0 Å². The Morgan fingerprint density at radius 2 is 2.19 bits per heavy atom. The quantitative estimate of drug-likeness (QED) is 0.472. The highest BCUT2D eigenvalue weighted by molar-refractivity contribution is 7.17. The third-order valence-corrected chi connectivity index (χ3v) is 2.79. The summed E-state index contributed by atoms with van der Waals surface area (Å²) in [4.78, 5) is 0. The second kappa shape index (κ2) is 4.28. The van der Waals surface area contributed by atoms with Crippen LogP contribution >= 0.6 is 11.3 Å². The number of hydrogen-bond donors (Lipinski definition) is 2. The van der Waals surface area contributed by atoms with E-state index in [1.165, 1.54) is 23.6 Å². The number of guanidine groups is 1. The molecule has 2 rings (SSSR count). The van der Waals surface area contributed by atoms with Crippen molar-refractivity contribution in [1.29, 1.82) is 0 Å². The molecule has 0 aliphatic rings. The molecule has 82 valence electrons. The van der Waals surface area contributed by atoms with Gasteiger partial charge >= 0.3 is 0 Å². The maximum absolute atomic E-state index is 13.5. The summed E-state index contributed by atoms with van der Waals surface area (Å²) in [5, 5.41) is 9.52. The molecule has 0 aliphatic heterocycles. The molecular formula is C10H9FN4S. The zero-order valence-electron chi connectivity index (χ0n) is 8.22. The second-order valence-corrected chi connectivity index (χ2v) is 4.05. The van der Waals surface area contributed by atoms with Gasteiger partial charge in [0.1, 0.15) is 5.82 Å². The van der Waals surface area contributed by atoms with Gasteiger partial charge in [0.15, 0.2) is 0 Å². The van der Waals surface area contributed by atoms with Gasteiger partial charge in [-0.2, -0.15) is 5.10 Å². The van der Waals surface area contributed by atoms with Crippen LogP contribution in [0, 0.1) is 5.82 Å². The van der Waals surface area contributed by atoms with Crippen molar-refractivity contribution in [3.05, 3.63) is 35.0 Å². The van der Waals surface area contributed by atoms with E-state index in [2.05, 4.69) is 10.2 Å². The average molecular weight is 236 g/mol. The Bertz CT molecular complexity index is 569. The van der Waals surface area contributed by atoms with E-state index in [1.807, 2.05) is 11.4 Å². The summed E-state index contributed by atoms with van der Waals surface area (Å²) in [5.74, 6) is -0.404. The minimum atomic E-state index is -0.273. The number of nitrogens with zero attached hydrogens (tertiary/aromatic N) is 2. The van der Waals surface area contributed by atoms with Crippen molar-refractivity contribution in [2.24, 2.45) is 21.7 Å². The van der Waals surface area contributed by atoms with Crippen LogP contribution in [0.25, 0.3) is 10.1 Å². The molecule has 0 saturated heterocycles. The van der Waals surface area contributed by atoms with Crippen molar-refractivity contribution in [2.75, 3.05) is 0 Å². The molecule has 0 radical (unpaired) electrons. The van der Waals surface area contributed by atoms with Crippen LogP contribution in [-0.4, -0.2) is 12.2 Å². The number of benzene rings is 1. The smallest absolute Gasteiger partial charge is 0.211 e. The van der Waals surface area contributed by atoms with Crippen LogP contribution in [0.15, 0.2) is 33.8 Å². The van der Waals surface area contributed by atoms with Gasteiger partial charge in [0, 0.05) is 10.1 Å². The van der Waals surface area contributed by atoms with Gasteiger partial charge in [-0.1, -0.05) is 0 Å². The molecule has 0 bridgehead atoms. The first kappa shape index (κ1) is 10.6. The third kappa shape index (κ3) is 2.17. The van der Waals surface area contributed by atoms with Gasteiger partial charge in [0.2, 0.25) is 5.96 Å². The molecule has 2 aromatic rings. The molecule has 0 aliphatic carbocycles. The highest BCUT2D eigenvalue weighted by Crippen LogP contribution is 2.24. The van der Waals surface area contributed by atoms with Crippen molar-refractivity contribution < 1.29 is 4.39 Å². The lowest BCUT2D eigenvalue weighted by Gasteiger charge is -1.95. The summed E-state index contributed by atoms with van der Waals surface area (Å²) >= 11 is 1.47. The van der Waals surface area contributed by atoms with E-state index in [9.17, 15) is 4.39 Å². The summed E-state index contributed by atoms with van der Waals surface area (Å²) in [6.07, 6.45) is 1.40. The van der Waals surface area contributed by atoms with Gasteiger partial charge in [-0.25, -0.2) is 4.39 Å². The van der Waals surface area contributed by atoms with Crippen LogP contribution in [-0.2, 0) is 0 Å². The largest absolute Gasteiger partial charge is 0.369 e. The minimum absolute atomic E-state index is 0.131. The lowest BCUT2D eigenvalue weighted by molar-refractivity contribution is 0.640. The SMILES string of the molecule is NC(N)=NN=Cc1cc(F)c2ccsc2c1. The van der Waals surface area contributed by atoms with Gasteiger partial charge in [0.05, 0.1) is 6.21 Å².